The summed E-state index contributed by atoms with van der Waals surface area (Å²) in [5, 5.41) is 2.33. The third kappa shape index (κ3) is 5.66. The van der Waals surface area contributed by atoms with Gasteiger partial charge >= 0.3 is 0 Å². The summed E-state index contributed by atoms with van der Waals surface area (Å²) in [5.41, 5.74) is 0. The molecule has 0 aromatic rings. The first kappa shape index (κ1) is 13.9. The second-order valence-electron chi connectivity index (χ2n) is 4.72. The summed E-state index contributed by atoms with van der Waals surface area (Å²) in [6.45, 7) is 2.22. The van der Waals surface area contributed by atoms with E-state index in [0.717, 1.165) is 6.42 Å². The Labute approximate surface area is 104 Å². The molecule has 0 bridgehead atoms. The van der Waals surface area contributed by atoms with Crippen molar-refractivity contribution in [2.45, 2.75) is 58.3 Å². The quantitative estimate of drug-likeness (QED) is 0.401. The van der Waals surface area contributed by atoms with Crippen LogP contribution in [-0.2, 0) is 9.59 Å². The minimum atomic E-state index is -0.132. The van der Waals surface area contributed by atoms with E-state index in [-0.39, 0.29) is 17.7 Å². The van der Waals surface area contributed by atoms with Crippen molar-refractivity contribution in [3.05, 3.63) is 12.2 Å². The van der Waals surface area contributed by atoms with Gasteiger partial charge < -0.3 is 0 Å². The molecule has 2 amide bonds. The SMILES string of the molecule is CCCCCCC/C=C/CC1CC(=O)NC1=O. The molecule has 1 saturated heterocycles. The van der Waals surface area contributed by atoms with Crippen LogP contribution in [0.3, 0.4) is 0 Å². The zero-order chi connectivity index (χ0) is 12.5. The molecule has 96 valence electrons. The Morgan fingerprint density at radius 1 is 1.18 bits per heavy atom. The standard InChI is InChI=1S/C14H23NO2/c1-2-3-4-5-6-7-8-9-10-12-11-13(16)15-14(12)17/h8-9,12H,2-7,10-11H2,1H3,(H,15,16,17)/b9-8+. The molecule has 17 heavy (non-hydrogen) atoms. The number of hydrogen-bond acceptors (Lipinski definition) is 2. The zero-order valence-corrected chi connectivity index (χ0v) is 10.7. The molecule has 0 aromatic heterocycles. The van der Waals surface area contributed by atoms with E-state index in [4.69, 9.17) is 0 Å². The van der Waals surface area contributed by atoms with E-state index < -0.39 is 0 Å². The van der Waals surface area contributed by atoms with Crippen LogP contribution in [0.5, 0.6) is 0 Å². The monoisotopic (exact) mass is 237 g/mol. The Balaban J connectivity index is 2.02. The molecule has 0 aliphatic carbocycles. The Hall–Kier alpha value is -1.12. The van der Waals surface area contributed by atoms with E-state index in [9.17, 15) is 9.59 Å². The largest absolute Gasteiger partial charge is 0.296 e. The van der Waals surface area contributed by atoms with Crippen molar-refractivity contribution >= 4 is 11.8 Å². The van der Waals surface area contributed by atoms with Crippen molar-refractivity contribution in [3.8, 4) is 0 Å². The molecule has 0 radical (unpaired) electrons. The normalized spacial score (nSPS) is 20.2. The van der Waals surface area contributed by atoms with Crippen LogP contribution in [0.1, 0.15) is 58.3 Å². The molecule has 0 spiro atoms. The van der Waals surface area contributed by atoms with Gasteiger partial charge in [-0.05, 0) is 19.3 Å². The molecule has 1 fully saturated rings. The van der Waals surface area contributed by atoms with Crippen molar-refractivity contribution < 1.29 is 9.59 Å². The number of carbonyl (C=O) groups is 2. The van der Waals surface area contributed by atoms with Gasteiger partial charge in [-0.1, -0.05) is 44.8 Å². The Morgan fingerprint density at radius 3 is 2.59 bits per heavy atom. The molecular weight excluding hydrogens is 214 g/mol. The lowest BCUT2D eigenvalue weighted by Crippen LogP contribution is -2.21. The maximum absolute atomic E-state index is 11.3. The fourth-order valence-electron chi connectivity index (χ4n) is 2.04. The number of hydrogen-bond donors (Lipinski definition) is 1. The molecule has 0 aromatic carbocycles. The average molecular weight is 237 g/mol. The number of rotatable bonds is 8. The van der Waals surface area contributed by atoms with Crippen molar-refractivity contribution in [2.75, 3.05) is 0 Å². The number of allylic oxidation sites excluding steroid dienone is 2. The van der Waals surface area contributed by atoms with Crippen LogP contribution in [0.4, 0.5) is 0 Å². The van der Waals surface area contributed by atoms with Gasteiger partial charge in [-0.3, -0.25) is 14.9 Å². The van der Waals surface area contributed by atoms with Crippen molar-refractivity contribution in [2.24, 2.45) is 5.92 Å². The highest BCUT2D eigenvalue weighted by atomic mass is 16.2. The van der Waals surface area contributed by atoms with Crippen LogP contribution in [0.2, 0.25) is 0 Å². The third-order valence-corrected chi connectivity index (χ3v) is 3.13. The minimum Gasteiger partial charge on any atom is -0.296 e. The highest BCUT2D eigenvalue weighted by molar-refractivity contribution is 6.03. The van der Waals surface area contributed by atoms with E-state index in [1.165, 1.54) is 32.1 Å². The summed E-state index contributed by atoms with van der Waals surface area (Å²) >= 11 is 0. The molecular formula is C14H23NO2. The van der Waals surface area contributed by atoms with Crippen LogP contribution in [0, 0.1) is 5.92 Å². The molecule has 1 aliphatic rings. The summed E-state index contributed by atoms with van der Waals surface area (Å²) in [4.78, 5) is 22.2. The van der Waals surface area contributed by atoms with Gasteiger partial charge in [0.15, 0.2) is 0 Å². The molecule has 0 saturated carbocycles. The maximum Gasteiger partial charge on any atom is 0.230 e. The fourth-order valence-corrected chi connectivity index (χ4v) is 2.04. The van der Waals surface area contributed by atoms with Gasteiger partial charge in [0.05, 0.1) is 5.92 Å². The lowest BCUT2D eigenvalue weighted by atomic mass is 10.0. The molecule has 1 heterocycles. The van der Waals surface area contributed by atoms with Gasteiger partial charge in [0.25, 0.3) is 0 Å². The zero-order valence-electron chi connectivity index (χ0n) is 10.7. The predicted molar refractivity (Wildman–Crippen MR) is 68.4 cm³/mol. The lowest BCUT2D eigenvalue weighted by molar-refractivity contribution is -0.125. The lowest BCUT2D eigenvalue weighted by Gasteiger charge is -2.00. The van der Waals surface area contributed by atoms with Crippen molar-refractivity contribution in [1.82, 2.24) is 5.32 Å². The molecule has 1 rings (SSSR count). The summed E-state index contributed by atoms with van der Waals surface area (Å²) in [6.07, 6.45) is 12.8. The van der Waals surface area contributed by atoms with E-state index in [1.807, 2.05) is 6.08 Å². The first-order valence-electron chi connectivity index (χ1n) is 6.72. The molecule has 1 unspecified atom stereocenters. The van der Waals surface area contributed by atoms with Gasteiger partial charge in [0, 0.05) is 6.42 Å². The summed E-state index contributed by atoms with van der Waals surface area (Å²) in [7, 11) is 0. The molecule has 1 N–H and O–H groups in total. The molecule has 3 nitrogen and oxygen atoms in total. The molecule has 1 atom stereocenters. The van der Waals surface area contributed by atoms with E-state index in [0.29, 0.717) is 12.8 Å². The van der Waals surface area contributed by atoms with Crippen molar-refractivity contribution in [3.63, 3.8) is 0 Å². The van der Waals surface area contributed by atoms with Gasteiger partial charge in [-0.15, -0.1) is 0 Å². The van der Waals surface area contributed by atoms with Crippen LogP contribution in [0.15, 0.2) is 12.2 Å². The minimum absolute atomic E-state index is 0.109. The fraction of sp³-hybridized carbons (Fsp3) is 0.714. The third-order valence-electron chi connectivity index (χ3n) is 3.13. The summed E-state index contributed by atoms with van der Waals surface area (Å²) in [5.74, 6) is -0.366. The van der Waals surface area contributed by atoms with E-state index in [1.54, 1.807) is 0 Å². The van der Waals surface area contributed by atoms with Crippen LogP contribution in [0.25, 0.3) is 0 Å². The first-order chi connectivity index (χ1) is 8.24. The smallest absolute Gasteiger partial charge is 0.230 e. The van der Waals surface area contributed by atoms with Gasteiger partial charge in [-0.2, -0.15) is 0 Å². The summed E-state index contributed by atoms with van der Waals surface area (Å²) in [6, 6.07) is 0. The predicted octanol–water partition coefficient (Wildman–Crippen LogP) is 2.96. The second kappa shape index (κ2) is 8.04. The van der Waals surface area contributed by atoms with Gasteiger partial charge in [0.2, 0.25) is 11.8 Å². The second-order valence-corrected chi connectivity index (χ2v) is 4.72. The highest BCUT2D eigenvalue weighted by Gasteiger charge is 2.28. The number of amides is 2. The Kier molecular flexibility index (Phi) is 6.60. The molecule has 3 heteroatoms. The number of carbonyl (C=O) groups excluding carboxylic acids is 2. The van der Waals surface area contributed by atoms with E-state index in [2.05, 4.69) is 18.3 Å². The average Bonchev–Trinajstić information content (AvgIpc) is 2.61. The van der Waals surface area contributed by atoms with Crippen LogP contribution in [-0.4, -0.2) is 11.8 Å². The van der Waals surface area contributed by atoms with Gasteiger partial charge in [0.1, 0.15) is 0 Å². The Bertz CT molecular complexity index is 284. The maximum atomic E-state index is 11.3. The summed E-state index contributed by atoms with van der Waals surface area (Å²) < 4.78 is 0. The van der Waals surface area contributed by atoms with Crippen LogP contribution >= 0.6 is 0 Å². The Morgan fingerprint density at radius 2 is 1.94 bits per heavy atom. The van der Waals surface area contributed by atoms with Gasteiger partial charge in [-0.25, -0.2) is 0 Å². The van der Waals surface area contributed by atoms with Crippen LogP contribution < -0.4 is 5.32 Å². The number of nitrogens with one attached hydrogen (secondary N) is 1. The number of unbranched alkanes of at least 4 members (excludes halogenated alkanes) is 5. The van der Waals surface area contributed by atoms with Crippen molar-refractivity contribution in [1.29, 1.82) is 0 Å². The first-order valence-corrected chi connectivity index (χ1v) is 6.72. The number of imide groups is 1. The highest BCUT2D eigenvalue weighted by Crippen LogP contribution is 2.15. The molecule has 1 aliphatic heterocycles. The van der Waals surface area contributed by atoms with E-state index >= 15 is 0 Å². The topological polar surface area (TPSA) is 46.2 Å².